The van der Waals surface area contributed by atoms with Crippen molar-refractivity contribution >= 4 is 5.97 Å². The summed E-state index contributed by atoms with van der Waals surface area (Å²) in [4.78, 5) is 13.4. The number of fused-ring (bicyclic) bond motifs is 3. The number of esters is 1. The molecule has 2 atom stereocenters. The predicted octanol–water partition coefficient (Wildman–Crippen LogP) is 4.30. The van der Waals surface area contributed by atoms with E-state index >= 15 is 0 Å². The van der Waals surface area contributed by atoms with Crippen LogP contribution in [0.25, 0.3) is 11.1 Å². The lowest BCUT2D eigenvalue weighted by atomic mass is 9.91. The summed E-state index contributed by atoms with van der Waals surface area (Å²) in [5.74, 6) is -0.573. The quantitative estimate of drug-likeness (QED) is 0.470. The molecule has 4 heteroatoms. The molecule has 1 N–H and O–H groups in total. The molecule has 0 saturated carbocycles. The highest BCUT2D eigenvalue weighted by Crippen LogP contribution is 2.48. The van der Waals surface area contributed by atoms with Gasteiger partial charge in [0.15, 0.2) is 0 Å². The van der Waals surface area contributed by atoms with Crippen molar-refractivity contribution < 1.29 is 19.1 Å². The molecular formula is C28H30NO3+. The summed E-state index contributed by atoms with van der Waals surface area (Å²) in [6.45, 7) is 2.43. The number of likely N-dealkylation sites (tertiary alicyclic amines) is 1. The van der Waals surface area contributed by atoms with E-state index in [0.29, 0.717) is 17.7 Å². The van der Waals surface area contributed by atoms with Crippen LogP contribution in [0, 0.1) is 0 Å². The Hall–Kier alpha value is -2.95. The number of rotatable bonds is 6. The van der Waals surface area contributed by atoms with Crippen LogP contribution < -0.4 is 0 Å². The van der Waals surface area contributed by atoms with Crippen LogP contribution in [0.2, 0.25) is 0 Å². The van der Waals surface area contributed by atoms with Crippen LogP contribution in [0.4, 0.5) is 0 Å². The number of nitrogens with zero attached hydrogens (tertiary/aromatic N) is 1. The first-order valence-corrected chi connectivity index (χ1v) is 11.5. The Morgan fingerprint density at radius 3 is 2.22 bits per heavy atom. The van der Waals surface area contributed by atoms with Gasteiger partial charge in [-0.15, -0.1) is 0 Å². The second-order valence-corrected chi connectivity index (χ2v) is 9.36. The predicted molar refractivity (Wildman–Crippen MR) is 125 cm³/mol. The average Bonchev–Trinajstić information content (AvgIpc) is 3.33. The highest BCUT2D eigenvalue weighted by molar-refractivity contribution is 5.96. The molecule has 5 rings (SSSR count). The van der Waals surface area contributed by atoms with Gasteiger partial charge in [-0.2, -0.15) is 0 Å². The standard InChI is InChI=1S/C28H30NO3/c1-29(19-17-21-10-3-2-4-11-21)18-9-12-22(29)20-32-27(30)28(31)25-15-7-5-13-23(25)24-14-6-8-16-26(24)28/h2-8,10-11,13-16,22,31H,9,12,17-20H2,1H3/q+1/t22-,29?/m1/s1. The number of carbonyl (C=O) groups excluding carboxylic acids is 1. The fourth-order valence-electron chi connectivity index (χ4n) is 5.48. The average molecular weight is 429 g/mol. The monoisotopic (exact) mass is 428 g/mol. The SMILES string of the molecule is C[N+]1(CCc2ccccc2)CCC[C@@H]1COC(=O)C1(O)c2ccccc2-c2ccccc21. The zero-order valence-electron chi connectivity index (χ0n) is 18.5. The molecule has 0 spiro atoms. The van der Waals surface area contributed by atoms with E-state index in [1.54, 1.807) is 0 Å². The normalized spacial score (nSPS) is 22.9. The number of likely N-dealkylation sites (N-methyl/N-ethyl adjacent to an activating group) is 1. The summed E-state index contributed by atoms with van der Waals surface area (Å²) in [5.41, 5.74) is 2.60. The fourth-order valence-corrected chi connectivity index (χ4v) is 5.48. The largest absolute Gasteiger partial charge is 0.457 e. The maximum absolute atomic E-state index is 13.4. The van der Waals surface area contributed by atoms with Crippen LogP contribution in [0.1, 0.15) is 29.5 Å². The molecular weight excluding hydrogens is 398 g/mol. The number of hydrogen-bond donors (Lipinski definition) is 1. The molecule has 0 radical (unpaired) electrons. The number of aliphatic hydroxyl groups is 1. The van der Waals surface area contributed by atoms with Gasteiger partial charge in [-0.1, -0.05) is 78.9 Å². The molecule has 2 aliphatic rings. The summed E-state index contributed by atoms with van der Waals surface area (Å²) < 4.78 is 6.77. The van der Waals surface area contributed by atoms with E-state index in [-0.39, 0.29) is 6.04 Å². The van der Waals surface area contributed by atoms with E-state index in [1.807, 2.05) is 54.6 Å². The van der Waals surface area contributed by atoms with Crippen molar-refractivity contribution in [2.45, 2.75) is 30.9 Å². The summed E-state index contributed by atoms with van der Waals surface area (Å²) in [7, 11) is 2.27. The highest BCUT2D eigenvalue weighted by atomic mass is 16.6. The van der Waals surface area contributed by atoms with Gasteiger partial charge in [0, 0.05) is 30.4 Å². The Morgan fingerprint density at radius 1 is 0.969 bits per heavy atom. The third-order valence-corrected chi connectivity index (χ3v) is 7.47. The van der Waals surface area contributed by atoms with Gasteiger partial charge in [0.2, 0.25) is 5.60 Å². The first-order valence-electron chi connectivity index (χ1n) is 11.5. The molecule has 4 nitrogen and oxygen atoms in total. The number of carbonyl (C=O) groups is 1. The lowest BCUT2D eigenvalue weighted by Gasteiger charge is -2.36. The Kier molecular flexibility index (Phi) is 5.36. The van der Waals surface area contributed by atoms with Crippen molar-refractivity contribution in [3.05, 3.63) is 95.6 Å². The van der Waals surface area contributed by atoms with Crippen LogP contribution in [0.3, 0.4) is 0 Å². The molecule has 3 aromatic carbocycles. The minimum absolute atomic E-state index is 0.248. The van der Waals surface area contributed by atoms with E-state index in [2.05, 4.69) is 31.3 Å². The van der Waals surface area contributed by atoms with Gasteiger partial charge < -0.3 is 14.3 Å². The summed E-state index contributed by atoms with van der Waals surface area (Å²) in [6, 6.07) is 25.9. The number of ether oxygens (including phenoxy) is 1. The number of benzene rings is 3. The maximum Gasteiger partial charge on any atom is 0.347 e. The third kappa shape index (κ3) is 3.44. The summed E-state index contributed by atoms with van der Waals surface area (Å²) >= 11 is 0. The van der Waals surface area contributed by atoms with Gasteiger partial charge >= 0.3 is 5.97 Å². The molecule has 1 unspecified atom stereocenters. The van der Waals surface area contributed by atoms with Crippen LogP contribution >= 0.6 is 0 Å². The molecule has 3 aromatic rings. The van der Waals surface area contributed by atoms with E-state index in [4.69, 9.17) is 4.74 Å². The Bertz CT molecular complexity index is 1080. The zero-order valence-corrected chi connectivity index (χ0v) is 18.5. The molecule has 1 saturated heterocycles. The van der Waals surface area contributed by atoms with Crippen molar-refractivity contribution in [2.24, 2.45) is 0 Å². The van der Waals surface area contributed by atoms with E-state index in [0.717, 1.165) is 48.0 Å². The molecule has 0 bridgehead atoms. The highest BCUT2D eigenvalue weighted by Gasteiger charge is 2.50. The van der Waals surface area contributed by atoms with Crippen molar-refractivity contribution in [3.63, 3.8) is 0 Å². The molecule has 0 aromatic heterocycles. The van der Waals surface area contributed by atoms with Gasteiger partial charge in [-0.3, -0.25) is 0 Å². The Morgan fingerprint density at radius 2 is 1.56 bits per heavy atom. The van der Waals surface area contributed by atoms with Gasteiger partial charge in [0.05, 0.1) is 20.1 Å². The Balaban J connectivity index is 1.32. The first kappa shape index (κ1) is 20.9. The van der Waals surface area contributed by atoms with Crippen LogP contribution in [-0.4, -0.2) is 48.3 Å². The molecule has 1 aliphatic carbocycles. The topological polar surface area (TPSA) is 46.5 Å². The molecule has 1 fully saturated rings. The first-order chi connectivity index (χ1) is 15.5. The molecule has 0 amide bonds. The fraction of sp³-hybridized carbons (Fsp3) is 0.321. The van der Waals surface area contributed by atoms with Crippen molar-refractivity contribution in [1.29, 1.82) is 0 Å². The van der Waals surface area contributed by atoms with Crippen molar-refractivity contribution in [1.82, 2.24) is 0 Å². The minimum atomic E-state index is -1.75. The van der Waals surface area contributed by atoms with Gasteiger partial charge in [-0.05, 0) is 16.7 Å². The smallest absolute Gasteiger partial charge is 0.347 e. The molecule has 32 heavy (non-hydrogen) atoms. The lowest BCUT2D eigenvalue weighted by Crippen LogP contribution is -2.52. The second kappa shape index (κ2) is 8.19. The molecule has 164 valence electrons. The zero-order chi connectivity index (χ0) is 22.2. The summed E-state index contributed by atoms with van der Waals surface area (Å²) in [6.07, 6.45) is 3.17. The second-order valence-electron chi connectivity index (χ2n) is 9.36. The number of hydrogen-bond acceptors (Lipinski definition) is 3. The maximum atomic E-state index is 13.4. The van der Waals surface area contributed by atoms with E-state index < -0.39 is 11.6 Å². The van der Waals surface area contributed by atoms with Gasteiger partial charge in [-0.25, -0.2) is 4.79 Å². The van der Waals surface area contributed by atoms with Crippen LogP contribution in [-0.2, 0) is 21.6 Å². The summed E-state index contributed by atoms with van der Waals surface area (Å²) in [5, 5.41) is 11.6. The van der Waals surface area contributed by atoms with Crippen molar-refractivity contribution in [3.8, 4) is 11.1 Å². The van der Waals surface area contributed by atoms with Crippen LogP contribution in [0.15, 0.2) is 78.9 Å². The number of quaternary nitrogens is 1. The van der Waals surface area contributed by atoms with Gasteiger partial charge in [0.25, 0.3) is 0 Å². The van der Waals surface area contributed by atoms with Gasteiger partial charge in [0.1, 0.15) is 12.6 Å². The van der Waals surface area contributed by atoms with E-state index in [9.17, 15) is 9.90 Å². The molecule has 1 heterocycles. The lowest BCUT2D eigenvalue weighted by molar-refractivity contribution is -0.921. The van der Waals surface area contributed by atoms with Crippen LogP contribution in [0.5, 0.6) is 0 Å². The minimum Gasteiger partial charge on any atom is -0.457 e. The molecule has 1 aliphatic heterocycles. The van der Waals surface area contributed by atoms with E-state index in [1.165, 1.54) is 5.56 Å². The van der Waals surface area contributed by atoms with Crippen molar-refractivity contribution in [2.75, 3.05) is 26.7 Å². The third-order valence-electron chi connectivity index (χ3n) is 7.47. The Labute approximate surface area is 189 Å².